The quantitative estimate of drug-likeness (QED) is 0.839. The molecule has 0 aliphatic carbocycles. The minimum absolute atomic E-state index is 0.0964. The van der Waals surface area contributed by atoms with E-state index in [2.05, 4.69) is 5.32 Å². The van der Waals surface area contributed by atoms with Gasteiger partial charge in [-0.3, -0.25) is 14.5 Å². The van der Waals surface area contributed by atoms with Crippen LogP contribution >= 0.6 is 11.3 Å². The molecule has 1 aliphatic rings. The summed E-state index contributed by atoms with van der Waals surface area (Å²) in [4.78, 5) is 26.5. The van der Waals surface area contributed by atoms with Gasteiger partial charge in [-0.05, 0) is 50.6 Å². The maximum Gasteiger partial charge on any atom is 0.323 e. The highest BCUT2D eigenvalue weighted by atomic mass is 32.1. The van der Waals surface area contributed by atoms with Gasteiger partial charge in [-0.15, -0.1) is 11.3 Å². The summed E-state index contributed by atoms with van der Waals surface area (Å²) in [6.07, 6.45) is 3.27. The molecule has 2 N–H and O–H groups in total. The fourth-order valence-electron chi connectivity index (χ4n) is 2.68. The van der Waals surface area contributed by atoms with Crippen LogP contribution in [0.1, 0.15) is 31.1 Å². The number of aliphatic carboxylic acids is 1. The van der Waals surface area contributed by atoms with Crippen LogP contribution in [-0.4, -0.2) is 47.1 Å². The van der Waals surface area contributed by atoms with Crippen LogP contribution in [0.3, 0.4) is 0 Å². The molecule has 2 rings (SSSR count). The van der Waals surface area contributed by atoms with E-state index >= 15 is 0 Å². The minimum Gasteiger partial charge on any atom is -0.480 e. The van der Waals surface area contributed by atoms with Gasteiger partial charge in [-0.25, -0.2) is 0 Å². The molecule has 1 aromatic rings. The molecule has 5 nitrogen and oxygen atoms in total. The van der Waals surface area contributed by atoms with Crippen molar-refractivity contribution < 1.29 is 14.7 Å². The SMILES string of the molecule is CC1(C(=O)O)CCCCN1CC(=O)NCCc1cccs1. The van der Waals surface area contributed by atoms with Gasteiger partial charge in [-0.2, -0.15) is 0 Å². The Hall–Kier alpha value is -1.40. The molecule has 6 heteroatoms. The molecule has 21 heavy (non-hydrogen) atoms. The van der Waals surface area contributed by atoms with E-state index < -0.39 is 11.5 Å². The molecule has 1 fully saturated rings. The number of likely N-dealkylation sites (tertiary alicyclic amines) is 1. The minimum atomic E-state index is -0.913. The summed E-state index contributed by atoms with van der Waals surface area (Å²) in [7, 11) is 0. The zero-order valence-electron chi connectivity index (χ0n) is 12.3. The molecular weight excluding hydrogens is 288 g/mol. The average Bonchev–Trinajstić information content (AvgIpc) is 2.94. The number of carboxylic acid groups (broad SMARTS) is 1. The molecular formula is C15H22N2O3S. The molecule has 1 aliphatic heterocycles. The lowest BCUT2D eigenvalue weighted by Crippen LogP contribution is -2.57. The van der Waals surface area contributed by atoms with E-state index in [1.54, 1.807) is 23.2 Å². The zero-order chi connectivity index (χ0) is 15.3. The highest BCUT2D eigenvalue weighted by Crippen LogP contribution is 2.27. The summed E-state index contributed by atoms with van der Waals surface area (Å²) in [5.41, 5.74) is -0.913. The van der Waals surface area contributed by atoms with E-state index in [1.165, 1.54) is 4.88 Å². The highest BCUT2D eigenvalue weighted by Gasteiger charge is 2.41. The van der Waals surface area contributed by atoms with Gasteiger partial charge in [0.25, 0.3) is 0 Å². The Morgan fingerprint density at radius 1 is 1.48 bits per heavy atom. The number of hydrogen-bond donors (Lipinski definition) is 2. The molecule has 0 saturated carbocycles. The van der Waals surface area contributed by atoms with E-state index in [9.17, 15) is 14.7 Å². The van der Waals surface area contributed by atoms with Crippen molar-refractivity contribution in [3.05, 3.63) is 22.4 Å². The molecule has 0 radical (unpaired) electrons. The second-order valence-electron chi connectivity index (χ2n) is 5.64. The number of carbonyl (C=O) groups excluding carboxylic acids is 1. The summed E-state index contributed by atoms with van der Waals surface area (Å²) in [6.45, 7) is 3.14. The van der Waals surface area contributed by atoms with Crippen LogP contribution in [0.25, 0.3) is 0 Å². The number of thiophene rings is 1. The number of nitrogens with one attached hydrogen (secondary N) is 1. The van der Waals surface area contributed by atoms with Crippen LogP contribution in [0, 0.1) is 0 Å². The number of rotatable bonds is 6. The van der Waals surface area contributed by atoms with Crippen molar-refractivity contribution in [3.8, 4) is 0 Å². The molecule has 1 amide bonds. The lowest BCUT2D eigenvalue weighted by molar-refractivity contribution is -0.153. The Labute approximate surface area is 129 Å². The third-order valence-corrected chi connectivity index (χ3v) is 5.04. The van der Waals surface area contributed by atoms with Gasteiger partial charge in [0, 0.05) is 11.4 Å². The predicted molar refractivity (Wildman–Crippen MR) is 82.5 cm³/mol. The lowest BCUT2D eigenvalue weighted by Gasteiger charge is -2.41. The van der Waals surface area contributed by atoms with Gasteiger partial charge >= 0.3 is 5.97 Å². The summed E-state index contributed by atoms with van der Waals surface area (Å²) in [6, 6.07) is 4.04. The molecule has 0 bridgehead atoms. The third kappa shape index (κ3) is 4.04. The molecule has 0 aromatic carbocycles. The van der Waals surface area contributed by atoms with Crippen LogP contribution in [0.5, 0.6) is 0 Å². The average molecular weight is 310 g/mol. The Balaban J connectivity index is 1.81. The van der Waals surface area contributed by atoms with Crippen LogP contribution in [0.15, 0.2) is 17.5 Å². The lowest BCUT2D eigenvalue weighted by atomic mass is 9.88. The smallest absolute Gasteiger partial charge is 0.323 e. The summed E-state index contributed by atoms with van der Waals surface area (Å²) < 4.78 is 0. The van der Waals surface area contributed by atoms with Gasteiger partial charge in [0.15, 0.2) is 0 Å². The largest absolute Gasteiger partial charge is 0.480 e. The predicted octanol–water partition coefficient (Wildman–Crippen LogP) is 1.74. The number of carbonyl (C=O) groups is 2. The Kier molecular flexibility index (Phi) is 5.36. The maximum absolute atomic E-state index is 12.0. The molecule has 2 heterocycles. The molecule has 0 spiro atoms. The fourth-order valence-corrected chi connectivity index (χ4v) is 3.39. The Morgan fingerprint density at radius 2 is 2.29 bits per heavy atom. The maximum atomic E-state index is 12.0. The van der Waals surface area contributed by atoms with Gasteiger partial charge < -0.3 is 10.4 Å². The number of amides is 1. The van der Waals surface area contributed by atoms with Gasteiger partial charge in [0.2, 0.25) is 5.91 Å². The van der Waals surface area contributed by atoms with Crippen molar-refractivity contribution in [1.82, 2.24) is 10.2 Å². The normalized spacial score (nSPS) is 22.9. The van der Waals surface area contributed by atoms with Crippen LogP contribution in [0.4, 0.5) is 0 Å². The Bertz CT molecular complexity index is 489. The molecule has 1 saturated heterocycles. The number of hydrogen-bond acceptors (Lipinski definition) is 4. The molecule has 116 valence electrons. The van der Waals surface area contributed by atoms with Crippen molar-refractivity contribution in [2.75, 3.05) is 19.6 Å². The van der Waals surface area contributed by atoms with Crippen molar-refractivity contribution in [2.45, 2.75) is 38.1 Å². The van der Waals surface area contributed by atoms with Crippen LogP contribution in [0.2, 0.25) is 0 Å². The number of carboxylic acids is 1. The van der Waals surface area contributed by atoms with Gasteiger partial charge in [0.05, 0.1) is 6.54 Å². The van der Waals surface area contributed by atoms with E-state index in [0.717, 1.165) is 19.3 Å². The zero-order valence-corrected chi connectivity index (χ0v) is 13.1. The Morgan fingerprint density at radius 3 is 2.95 bits per heavy atom. The van der Waals surface area contributed by atoms with E-state index in [-0.39, 0.29) is 12.5 Å². The molecule has 1 unspecified atom stereocenters. The van der Waals surface area contributed by atoms with E-state index in [0.29, 0.717) is 19.5 Å². The molecule has 1 atom stereocenters. The second kappa shape index (κ2) is 7.04. The first-order valence-corrected chi connectivity index (χ1v) is 8.18. The summed E-state index contributed by atoms with van der Waals surface area (Å²) in [5.74, 6) is -0.936. The van der Waals surface area contributed by atoms with Gasteiger partial charge in [-0.1, -0.05) is 6.07 Å². The molecule has 1 aromatic heterocycles. The summed E-state index contributed by atoms with van der Waals surface area (Å²) in [5, 5.41) is 14.3. The standard InChI is InChI=1S/C15H22N2O3S/c1-15(14(19)20)7-2-3-9-17(15)11-13(18)16-8-6-12-5-4-10-21-12/h4-5,10H,2-3,6-9,11H2,1H3,(H,16,18)(H,19,20). The van der Waals surface area contributed by atoms with Crippen molar-refractivity contribution in [1.29, 1.82) is 0 Å². The summed E-state index contributed by atoms with van der Waals surface area (Å²) >= 11 is 1.67. The topological polar surface area (TPSA) is 69.6 Å². The van der Waals surface area contributed by atoms with Crippen molar-refractivity contribution >= 4 is 23.2 Å². The monoisotopic (exact) mass is 310 g/mol. The fraction of sp³-hybridized carbons (Fsp3) is 0.600. The first-order chi connectivity index (χ1) is 10.0. The van der Waals surface area contributed by atoms with E-state index in [4.69, 9.17) is 0 Å². The number of piperidine rings is 1. The third-order valence-electron chi connectivity index (χ3n) is 4.11. The second-order valence-corrected chi connectivity index (χ2v) is 6.67. The van der Waals surface area contributed by atoms with Crippen molar-refractivity contribution in [2.24, 2.45) is 0 Å². The van der Waals surface area contributed by atoms with Crippen LogP contribution < -0.4 is 5.32 Å². The highest BCUT2D eigenvalue weighted by molar-refractivity contribution is 7.09. The van der Waals surface area contributed by atoms with Crippen molar-refractivity contribution in [3.63, 3.8) is 0 Å². The first-order valence-electron chi connectivity index (χ1n) is 7.30. The van der Waals surface area contributed by atoms with Crippen LogP contribution in [-0.2, 0) is 16.0 Å². The first kappa shape index (κ1) is 16.0. The number of nitrogens with zero attached hydrogens (tertiary/aromatic N) is 1. The van der Waals surface area contributed by atoms with E-state index in [1.807, 2.05) is 17.5 Å². The van der Waals surface area contributed by atoms with Gasteiger partial charge in [0.1, 0.15) is 5.54 Å².